The Morgan fingerprint density at radius 3 is 2.23 bits per heavy atom. The second-order valence-electron chi connectivity index (χ2n) is 4.93. The van der Waals surface area contributed by atoms with E-state index in [-0.39, 0.29) is 10.0 Å². The summed E-state index contributed by atoms with van der Waals surface area (Å²) in [5.74, 6) is -2.68. The van der Waals surface area contributed by atoms with Crippen LogP contribution in [0.15, 0.2) is 40.6 Å². The van der Waals surface area contributed by atoms with E-state index >= 15 is 0 Å². The van der Waals surface area contributed by atoms with Crippen LogP contribution < -0.4 is 9.86 Å². The number of hydrogen-bond acceptors (Lipinski definition) is 4. The first kappa shape index (κ1) is 20.6. The molecular weight excluding hydrogens is 433 g/mol. The topological polar surface area (TPSA) is 106 Å². The van der Waals surface area contributed by atoms with Crippen molar-refractivity contribution in [3.05, 3.63) is 63.0 Å². The molecule has 0 atom stereocenters. The zero-order valence-corrected chi connectivity index (χ0v) is 15.7. The lowest BCUT2D eigenvalue weighted by Crippen LogP contribution is -2.19. The molecule has 0 radical (unpaired) electrons. The molecule has 0 aliphatic heterocycles. The van der Waals surface area contributed by atoms with E-state index < -0.39 is 42.3 Å². The van der Waals surface area contributed by atoms with Crippen LogP contribution in [0.2, 0.25) is 10.0 Å². The molecule has 0 amide bonds. The summed E-state index contributed by atoms with van der Waals surface area (Å²) in [7, 11) is -8.95. The highest BCUT2D eigenvalue weighted by molar-refractivity contribution is 7.95. The predicted molar refractivity (Wildman–Crippen MR) is 95.8 cm³/mol. The second kappa shape index (κ2) is 7.49. The van der Waals surface area contributed by atoms with Crippen LogP contribution in [0.5, 0.6) is 0 Å². The van der Waals surface area contributed by atoms with E-state index in [4.69, 9.17) is 28.3 Å². The second-order valence-corrected chi connectivity index (χ2v) is 8.84. The molecule has 2 rings (SSSR count). The van der Waals surface area contributed by atoms with Gasteiger partial charge in [-0.05, 0) is 29.8 Å². The number of hydrogen-bond donors (Lipinski definition) is 2. The molecule has 140 valence electrons. The average Bonchev–Trinajstić information content (AvgIpc) is 2.50. The first-order valence-corrected chi connectivity index (χ1v) is 10.4. The van der Waals surface area contributed by atoms with E-state index in [1.165, 1.54) is 18.2 Å². The van der Waals surface area contributed by atoms with Crippen LogP contribution in [0, 0.1) is 11.6 Å². The maximum atomic E-state index is 13.9. The van der Waals surface area contributed by atoms with Crippen LogP contribution in [0.3, 0.4) is 0 Å². The van der Waals surface area contributed by atoms with Crippen molar-refractivity contribution in [2.24, 2.45) is 5.14 Å². The standard InChI is InChI=1S/C14H10Cl2F2N2O4S2/c15-10-2-1-8(5-11(10)16)3-4-25(21,22)20-14-12(18)6-9(17)7-13(14)26(19,23)24/h1-7,20H,(H2,19,23,24)/b4-3+. The summed E-state index contributed by atoms with van der Waals surface area (Å²) < 4.78 is 75.9. The van der Waals surface area contributed by atoms with Gasteiger partial charge in [-0.1, -0.05) is 29.3 Å². The quantitative estimate of drug-likeness (QED) is 0.740. The molecule has 0 bridgehead atoms. The highest BCUT2D eigenvalue weighted by atomic mass is 35.5. The van der Waals surface area contributed by atoms with E-state index in [0.717, 1.165) is 6.08 Å². The molecule has 2 aromatic rings. The fraction of sp³-hybridized carbons (Fsp3) is 0. The van der Waals surface area contributed by atoms with Gasteiger partial charge in [0.2, 0.25) is 10.0 Å². The number of nitrogens with one attached hydrogen (secondary N) is 1. The molecule has 26 heavy (non-hydrogen) atoms. The summed E-state index contributed by atoms with van der Waals surface area (Å²) >= 11 is 11.5. The van der Waals surface area contributed by atoms with E-state index in [0.29, 0.717) is 23.1 Å². The van der Waals surface area contributed by atoms with Crippen molar-refractivity contribution in [3.8, 4) is 0 Å². The first-order valence-electron chi connectivity index (χ1n) is 6.57. The maximum Gasteiger partial charge on any atom is 0.255 e. The Balaban J connectivity index is 2.41. The van der Waals surface area contributed by atoms with Gasteiger partial charge in [0.15, 0.2) is 5.82 Å². The number of sulfonamides is 2. The summed E-state index contributed by atoms with van der Waals surface area (Å²) in [6.45, 7) is 0. The molecule has 0 spiro atoms. The third-order valence-electron chi connectivity index (χ3n) is 2.95. The Kier molecular flexibility index (Phi) is 5.93. The first-order chi connectivity index (χ1) is 11.9. The number of nitrogens with two attached hydrogens (primary N) is 1. The van der Waals surface area contributed by atoms with Crippen LogP contribution in [-0.4, -0.2) is 16.8 Å². The van der Waals surface area contributed by atoms with Gasteiger partial charge in [0.05, 0.1) is 15.5 Å². The van der Waals surface area contributed by atoms with Gasteiger partial charge in [-0.15, -0.1) is 0 Å². The van der Waals surface area contributed by atoms with Crippen molar-refractivity contribution in [1.29, 1.82) is 0 Å². The number of benzene rings is 2. The number of rotatable bonds is 5. The van der Waals surface area contributed by atoms with Crippen molar-refractivity contribution in [2.75, 3.05) is 4.72 Å². The summed E-state index contributed by atoms with van der Waals surface area (Å²) in [6, 6.07) is 5.00. The zero-order chi connectivity index (χ0) is 19.7. The van der Waals surface area contributed by atoms with Crippen LogP contribution in [0.25, 0.3) is 6.08 Å². The molecule has 0 fully saturated rings. The number of halogens is 4. The van der Waals surface area contributed by atoms with Crippen molar-refractivity contribution in [1.82, 2.24) is 0 Å². The van der Waals surface area contributed by atoms with Gasteiger partial charge in [0.25, 0.3) is 10.0 Å². The predicted octanol–water partition coefficient (Wildman–Crippen LogP) is 3.33. The van der Waals surface area contributed by atoms with E-state index in [1.54, 1.807) is 4.72 Å². The van der Waals surface area contributed by atoms with Crippen molar-refractivity contribution in [3.63, 3.8) is 0 Å². The van der Waals surface area contributed by atoms with Gasteiger partial charge in [-0.2, -0.15) is 0 Å². The minimum Gasteiger partial charge on any atom is -0.276 e. The monoisotopic (exact) mass is 442 g/mol. The summed E-state index contributed by atoms with van der Waals surface area (Å²) in [4.78, 5) is -1.04. The van der Waals surface area contributed by atoms with Crippen molar-refractivity contribution < 1.29 is 25.6 Å². The zero-order valence-electron chi connectivity index (χ0n) is 12.6. The molecule has 0 aliphatic carbocycles. The summed E-state index contributed by atoms with van der Waals surface area (Å²) in [6.07, 6.45) is 1.11. The lowest BCUT2D eigenvalue weighted by atomic mass is 10.2. The Labute approximate surface area is 158 Å². The van der Waals surface area contributed by atoms with Crippen molar-refractivity contribution in [2.45, 2.75) is 4.90 Å². The molecule has 0 heterocycles. The maximum absolute atomic E-state index is 13.9. The molecule has 0 aliphatic rings. The minimum atomic E-state index is -4.59. The normalized spacial score (nSPS) is 12.5. The van der Waals surface area contributed by atoms with E-state index in [9.17, 15) is 25.6 Å². The SMILES string of the molecule is NS(=O)(=O)c1cc(F)cc(F)c1NS(=O)(=O)/C=C/c1ccc(Cl)c(Cl)c1. The smallest absolute Gasteiger partial charge is 0.255 e. The Bertz CT molecular complexity index is 1100. The molecule has 0 saturated carbocycles. The fourth-order valence-electron chi connectivity index (χ4n) is 1.83. The molecule has 0 saturated heterocycles. The fourth-order valence-corrected chi connectivity index (χ4v) is 3.81. The number of anilines is 1. The highest BCUT2D eigenvalue weighted by Crippen LogP contribution is 2.27. The number of primary sulfonamides is 1. The lowest BCUT2D eigenvalue weighted by Gasteiger charge is -2.11. The molecule has 6 nitrogen and oxygen atoms in total. The van der Waals surface area contributed by atoms with E-state index in [1.807, 2.05) is 0 Å². The molecule has 12 heteroatoms. The summed E-state index contributed by atoms with van der Waals surface area (Å²) in [5.41, 5.74) is -0.635. The van der Waals surface area contributed by atoms with Crippen LogP contribution >= 0.6 is 23.2 Å². The van der Waals surface area contributed by atoms with Crippen LogP contribution in [-0.2, 0) is 20.0 Å². The van der Waals surface area contributed by atoms with Gasteiger partial charge in [-0.25, -0.2) is 30.8 Å². The lowest BCUT2D eigenvalue weighted by molar-refractivity contribution is 0.570. The molecule has 0 unspecified atom stereocenters. The molecular formula is C14H10Cl2F2N2O4S2. The third kappa shape index (κ3) is 5.15. The Hall–Kier alpha value is -1.72. The minimum absolute atomic E-state index is 0.181. The highest BCUT2D eigenvalue weighted by Gasteiger charge is 2.22. The largest absolute Gasteiger partial charge is 0.276 e. The van der Waals surface area contributed by atoms with E-state index in [2.05, 4.69) is 0 Å². The van der Waals surface area contributed by atoms with Crippen molar-refractivity contribution >= 4 is 55.0 Å². The summed E-state index contributed by atoms with van der Waals surface area (Å²) in [5, 5.41) is 5.95. The molecule has 3 N–H and O–H groups in total. The van der Waals surface area contributed by atoms with Crippen LogP contribution in [0.1, 0.15) is 5.56 Å². The average molecular weight is 443 g/mol. The van der Waals surface area contributed by atoms with Gasteiger partial charge in [0.1, 0.15) is 16.4 Å². The van der Waals surface area contributed by atoms with Gasteiger partial charge >= 0.3 is 0 Å². The van der Waals surface area contributed by atoms with Gasteiger partial charge < -0.3 is 0 Å². The Morgan fingerprint density at radius 2 is 1.65 bits per heavy atom. The molecule has 2 aromatic carbocycles. The third-order valence-corrected chi connectivity index (χ3v) is 5.61. The Morgan fingerprint density at radius 1 is 1.00 bits per heavy atom. The van der Waals surface area contributed by atoms with Gasteiger partial charge in [-0.3, -0.25) is 4.72 Å². The van der Waals surface area contributed by atoms with Crippen LogP contribution in [0.4, 0.5) is 14.5 Å². The molecule has 0 aromatic heterocycles. The van der Waals surface area contributed by atoms with Gasteiger partial charge in [0, 0.05) is 6.07 Å².